The molecule has 2 radical (unpaired) electrons. The molecule has 232 valence electrons. The van der Waals surface area contributed by atoms with E-state index in [-0.39, 0.29) is 42.1 Å². The maximum atomic E-state index is 16.1. The van der Waals surface area contributed by atoms with E-state index in [4.69, 9.17) is 49.4 Å². The van der Waals surface area contributed by atoms with Gasteiger partial charge in [-0.05, 0) is 30.7 Å². The third-order valence-electron chi connectivity index (χ3n) is 8.01. The molecule has 10 atom stereocenters. The molecular formula is C23H27BFN9O7P2S. The molecule has 21 heteroatoms. The number of anilines is 2. The molecule has 0 amide bonds. The molecule has 4 aromatic heterocycles. The van der Waals surface area contributed by atoms with Crippen LogP contribution in [0.2, 0.25) is 0 Å². The fourth-order valence-electron chi connectivity index (χ4n) is 5.88. The van der Waals surface area contributed by atoms with Gasteiger partial charge in [0, 0.05) is 18.5 Å². The molecule has 0 spiro atoms. The number of aromatic nitrogens is 7. The Labute approximate surface area is 255 Å². The van der Waals surface area contributed by atoms with Gasteiger partial charge in [-0.2, -0.15) is 0 Å². The van der Waals surface area contributed by atoms with Crippen LogP contribution < -0.4 is 11.5 Å². The highest BCUT2D eigenvalue weighted by atomic mass is 32.5. The van der Waals surface area contributed by atoms with E-state index < -0.39 is 62.9 Å². The molecule has 7 rings (SSSR count). The Balaban J connectivity index is 1.17. The van der Waals surface area contributed by atoms with Gasteiger partial charge in [0.2, 0.25) is 7.57 Å². The SMILES string of the molecule is [B]P1(=O)CC[C@H]2O[C@@H](n3cnc4c(N)ncnc43)C(F)[C@H]2OP(O)(=S)CC[C@H]2O[C@@H](n3cnc4c(N)ccnc43)[C@@H](O)C2O1. The average molecular weight is 665 g/mol. The normalized spacial score (nSPS) is 38.2. The smallest absolute Gasteiger partial charge is 0.202 e. The van der Waals surface area contributed by atoms with Crippen molar-refractivity contribution < 1.29 is 37.5 Å². The minimum Gasteiger partial charge on any atom is -0.397 e. The minimum absolute atomic E-state index is 0.00911. The van der Waals surface area contributed by atoms with Gasteiger partial charge >= 0.3 is 0 Å². The quantitative estimate of drug-likeness (QED) is 0.174. The summed E-state index contributed by atoms with van der Waals surface area (Å²) in [4.78, 5) is 32.0. The van der Waals surface area contributed by atoms with E-state index in [0.29, 0.717) is 16.9 Å². The van der Waals surface area contributed by atoms with Crippen molar-refractivity contribution in [1.82, 2.24) is 34.1 Å². The van der Waals surface area contributed by atoms with Crippen LogP contribution in [0.15, 0.2) is 31.2 Å². The van der Waals surface area contributed by atoms with Crippen molar-refractivity contribution >= 4 is 66.9 Å². The van der Waals surface area contributed by atoms with Crippen LogP contribution in [0.3, 0.4) is 0 Å². The van der Waals surface area contributed by atoms with Crippen molar-refractivity contribution in [2.75, 3.05) is 23.8 Å². The van der Waals surface area contributed by atoms with E-state index in [1.165, 1.54) is 34.3 Å². The number of pyridine rings is 1. The monoisotopic (exact) mass is 665 g/mol. The number of fused-ring (bicyclic) bond motifs is 4. The Hall–Kier alpha value is -2.60. The van der Waals surface area contributed by atoms with Crippen LogP contribution in [-0.4, -0.2) is 101 Å². The molecule has 3 fully saturated rings. The summed E-state index contributed by atoms with van der Waals surface area (Å²) in [6.45, 7) is -3.65. The molecule has 0 saturated carbocycles. The van der Waals surface area contributed by atoms with Gasteiger partial charge in [0.1, 0.15) is 42.9 Å². The molecule has 6 N–H and O–H groups in total. The summed E-state index contributed by atoms with van der Waals surface area (Å²) < 4.78 is 56.4. The number of hydrogen-bond acceptors (Lipinski definition) is 14. The zero-order valence-electron chi connectivity index (χ0n) is 22.8. The van der Waals surface area contributed by atoms with E-state index in [2.05, 4.69) is 24.9 Å². The molecule has 16 nitrogen and oxygen atoms in total. The lowest BCUT2D eigenvalue weighted by molar-refractivity contribution is -0.0357. The molecule has 3 aliphatic heterocycles. The Morgan fingerprint density at radius 3 is 2.41 bits per heavy atom. The standard InChI is InChI=1S/C23H27BFN9O7P2S/c24-42(36)5-2-11-17(13(25)22(38-11)33-9-32-15-19(27)29-7-30-21(15)33)41-43(37,44)6-3-12-18(40-42)16(35)23(39-12)34-8-31-14-10(26)1-4-28-20(14)34/h1,4,7-9,11-13,16-18,22-23,35H,2-3,5-6H2,(H2,26,28)(H,37,44)(H2,27,29,30)/t11-,12-,13?,16+,17+,18?,22-,23-,42?,43?/m1/s1. The second-order valence-corrected chi connectivity index (χ2v) is 16.7. The molecule has 3 aliphatic rings. The number of nitrogens with two attached hydrogens (primary N) is 2. The van der Waals surface area contributed by atoms with Gasteiger partial charge in [-0.25, -0.2) is 29.3 Å². The van der Waals surface area contributed by atoms with E-state index in [0.717, 1.165) is 0 Å². The topological polar surface area (TPSA) is 221 Å². The number of nitrogens with zero attached hydrogens (tertiary/aromatic N) is 7. The number of alkyl halides is 1. The highest BCUT2D eigenvalue weighted by molar-refractivity contribution is 8.09. The predicted octanol–water partition coefficient (Wildman–Crippen LogP) is 1.16. The number of halogens is 1. The number of imidazole rings is 2. The molecule has 7 heterocycles. The third-order valence-corrected chi connectivity index (χ3v) is 11.7. The van der Waals surface area contributed by atoms with Gasteiger partial charge in [0.25, 0.3) is 0 Å². The first kappa shape index (κ1) is 30.1. The first-order valence-corrected chi connectivity index (χ1v) is 18.4. The second kappa shape index (κ2) is 11.0. The summed E-state index contributed by atoms with van der Waals surface area (Å²) in [5.74, 6) is 0.107. The number of hydrogen-bond donors (Lipinski definition) is 4. The Kier molecular flexibility index (Phi) is 7.54. The van der Waals surface area contributed by atoms with Crippen LogP contribution in [0.25, 0.3) is 22.3 Å². The maximum absolute atomic E-state index is 16.1. The van der Waals surface area contributed by atoms with E-state index >= 15 is 4.39 Å². The number of nitrogen functional groups attached to an aromatic ring is 2. The third kappa shape index (κ3) is 5.23. The van der Waals surface area contributed by atoms with Crippen molar-refractivity contribution in [3.8, 4) is 0 Å². The molecule has 0 bridgehead atoms. The van der Waals surface area contributed by atoms with Crippen molar-refractivity contribution in [1.29, 1.82) is 0 Å². The number of aliphatic hydroxyl groups is 1. The zero-order chi connectivity index (χ0) is 31.0. The Bertz CT molecular complexity index is 1700. The molecule has 4 aromatic rings. The van der Waals surface area contributed by atoms with Gasteiger partial charge < -0.3 is 44.6 Å². The van der Waals surface area contributed by atoms with Crippen LogP contribution in [0, 0.1) is 0 Å². The first-order valence-electron chi connectivity index (χ1n) is 13.6. The highest BCUT2D eigenvalue weighted by Crippen LogP contribution is 2.54. The molecule has 0 aliphatic carbocycles. The van der Waals surface area contributed by atoms with Crippen LogP contribution in [0.4, 0.5) is 15.9 Å². The number of rotatable bonds is 2. The van der Waals surface area contributed by atoms with Crippen LogP contribution in [-0.2, 0) is 34.9 Å². The van der Waals surface area contributed by atoms with Gasteiger partial charge in [-0.1, -0.05) is 0 Å². The van der Waals surface area contributed by atoms with Crippen molar-refractivity contribution in [3.05, 3.63) is 31.2 Å². The van der Waals surface area contributed by atoms with Gasteiger partial charge in [0.15, 0.2) is 42.2 Å². The summed E-state index contributed by atoms with van der Waals surface area (Å²) >= 11 is 5.44. The zero-order valence-corrected chi connectivity index (χ0v) is 25.4. The molecule has 3 saturated heterocycles. The lowest BCUT2D eigenvalue weighted by Gasteiger charge is -2.30. The first-order chi connectivity index (χ1) is 20.9. The lowest BCUT2D eigenvalue weighted by Crippen LogP contribution is -2.36. The summed E-state index contributed by atoms with van der Waals surface area (Å²) in [5, 5.41) is 11.3. The fraction of sp³-hybridized carbons (Fsp3) is 0.522. The van der Waals surface area contributed by atoms with Crippen LogP contribution in [0.1, 0.15) is 25.3 Å². The highest BCUT2D eigenvalue weighted by Gasteiger charge is 2.52. The van der Waals surface area contributed by atoms with Crippen LogP contribution >= 0.6 is 13.7 Å². The Morgan fingerprint density at radius 1 is 0.955 bits per heavy atom. The van der Waals surface area contributed by atoms with Crippen molar-refractivity contribution in [3.63, 3.8) is 0 Å². The van der Waals surface area contributed by atoms with Crippen molar-refractivity contribution in [2.45, 2.75) is 62.0 Å². The van der Waals surface area contributed by atoms with Crippen molar-refractivity contribution in [2.24, 2.45) is 0 Å². The number of aliphatic hydroxyl groups excluding tert-OH is 1. The second-order valence-electron chi connectivity index (χ2n) is 10.9. The molecule has 0 aromatic carbocycles. The Morgan fingerprint density at radius 2 is 1.61 bits per heavy atom. The minimum atomic E-state index is -3.93. The summed E-state index contributed by atoms with van der Waals surface area (Å²) in [5.41, 5.74) is 13.5. The molecule has 4 unspecified atom stereocenters. The van der Waals surface area contributed by atoms with E-state index in [1.807, 2.05) is 0 Å². The number of ether oxygens (including phenoxy) is 2. The molecule has 44 heavy (non-hydrogen) atoms. The summed E-state index contributed by atoms with van der Waals surface area (Å²) in [6, 6.07) is 1.59. The summed E-state index contributed by atoms with van der Waals surface area (Å²) in [6.07, 6.45) is -5.03. The van der Waals surface area contributed by atoms with Gasteiger partial charge in [0.05, 0.1) is 30.5 Å². The lowest BCUT2D eigenvalue weighted by atomic mass is 10.1. The maximum Gasteiger partial charge on any atom is 0.202 e. The van der Waals surface area contributed by atoms with Gasteiger partial charge in [-0.15, -0.1) is 0 Å². The van der Waals surface area contributed by atoms with Gasteiger partial charge in [-0.3, -0.25) is 9.13 Å². The average Bonchev–Trinajstić information content (AvgIpc) is 3.73. The molecular weight excluding hydrogens is 638 g/mol. The van der Waals surface area contributed by atoms with E-state index in [1.54, 1.807) is 6.07 Å². The fourth-order valence-corrected chi connectivity index (χ4v) is 9.21. The predicted molar refractivity (Wildman–Crippen MR) is 159 cm³/mol. The van der Waals surface area contributed by atoms with E-state index in [9.17, 15) is 14.6 Å². The van der Waals surface area contributed by atoms with Crippen LogP contribution in [0.5, 0.6) is 0 Å². The largest absolute Gasteiger partial charge is 0.397 e. The summed E-state index contributed by atoms with van der Waals surface area (Å²) in [7, 11) is 2.24.